The van der Waals surface area contributed by atoms with Crippen molar-refractivity contribution in [1.29, 1.82) is 0 Å². The van der Waals surface area contributed by atoms with E-state index < -0.39 is 7.60 Å². The first kappa shape index (κ1) is 28.8. The maximum Gasteiger partial charge on any atom is 0.385 e. The van der Waals surface area contributed by atoms with Crippen LogP contribution in [0.25, 0.3) is 0 Å². The summed E-state index contributed by atoms with van der Waals surface area (Å²) in [5.74, 6) is 0.499. The third-order valence-electron chi connectivity index (χ3n) is 8.38. The molecule has 2 fully saturated rings. The number of fused-ring (bicyclic) bond motifs is 2. The Bertz CT molecular complexity index is 1210. The Morgan fingerprint density at radius 1 is 0.750 bits per heavy atom. The van der Waals surface area contributed by atoms with Gasteiger partial charge in [0.1, 0.15) is 6.61 Å². The number of likely N-dealkylation sites (tertiary alicyclic amines) is 1. The van der Waals surface area contributed by atoms with Gasteiger partial charge in [-0.15, -0.1) is 0 Å². The highest BCUT2D eigenvalue weighted by Crippen LogP contribution is 2.56. The summed E-state index contributed by atoms with van der Waals surface area (Å²) in [6, 6.07) is 30.0. The molecule has 1 saturated heterocycles. The van der Waals surface area contributed by atoms with Crippen molar-refractivity contribution >= 4 is 13.6 Å². The van der Waals surface area contributed by atoms with Crippen LogP contribution in [0.2, 0.25) is 0 Å². The highest BCUT2D eigenvalue weighted by atomic mass is 31.2. The van der Waals surface area contributed by atoms with E-state index in [1.807, 2.05) is 91.0 Å². The molecule has 3 atom stereocenters. The molecule has 1 heterocycles. The molecule has 0 aromatic heterocycles. The van der Waals surface area contributed by atoms with Crippen LogP contribution in [0.4, 0.5) is 0 Å². The van der Waals surface area contributed by atoms with E-state index in [4.69, 9.17) is 13.8 Å². The van der Waals surface area contributed by atoms with E-state index in [0.29, 0.717) is 31.3 Å². The lowest BCUT2D eigenvalue weighted by molar-refractivity contribution is -0.934. The van der Waals surface area contributed by atoms with Crippen LogP contribution in [0.15, 0.2) is 91.0 Å². The van der Waals surface area contributed by atoms with Crippen LogP contribution < -0.4 is 0 Å². The highest BCUT2D eigenvalue weighted by molar-refractivity contribution is 7.53. The van der Waals surface area contributed by atoms with Gasteiger partial charge in [0.05, 0.1) is 32.3 Å². The fourth-order valence-corrected chi connectivity index (χ4v) is 8.46. The van der Waals surface area contributed by atoms with Crippen LogP contribution >= 0.6 is 7.60 Å². The minimum atomic E-state index is -3.43. The number of nitrogens with zero attached hydrogens (tertiary/aromatic N) is 1. The molecule has 0 N–H and O–H groups in total. The minimum Gasteiger partial charge on any atom is -0.461 e. The molecule has 2 bridgehead atoms. The molecule has 0 amide bonds. The van der Waals surface area contributed by atoms with Crippen molar-refractivity contribution in [3.8, 4) is 0 Å². The summed E-state index contributed by atoms with van der Waals surface area (Å²) >= 11 is 0. The second kappa shape index (κ2) is 13.7. The summed E-state index contributed by atoms with van der Waals surface area (Å²) in [6.45, 7) is 2.71. The third kappa shape index (κ3) is 7.92. The normalized spacial score (nSPS) is 21.9. The van der Waals surface area contributed by atoms with Crippen LogP contribution in [0.3, 0.4) is 0 Å². The summed E-state index contributed by atoms with van der Waals surface area (Å²) in [6.07, 6.45) is 5.99. The lowest BCUT2D eigenvalue weighted by Crippen LogP contribution is -2.54. The molecule has 40 heavy (non-hydrogen) atoms. The van der Waals surface area contributed by atoms with Crippen molar-refractivity contribution in [3.05, 3.63) is 108 Å². The first-order chi connectivity index (χ1) is 19.5. The van der Waals surface area contributed by atoms with E-state index in [1.165, 1.54) is 12.8 Å². The molecule has 3 aromatic rings. The van der Waals surface area contributed by atoms with Crippen molar-refractivity contribution in [2.24, 2.45) is 5.92 Å². The SMILES string of the molecule is O=C(CCCC[N+]1(CP(=O)(OCc2ccccc2)OCc2ccccc2)CC2CCC1C2)OCc1ccccc1. The van der Waals surface area contributed by atoms with Gasteiger partial charge in [0.2, 0.25) is 0 Å². The highest BCUT2D eigenvalue weighted by Gasteiger charge is 2.54. The second-order valence-electron chi connectivity index (χ2n) is 11.3. The molecule has 7 heteroatoms. The summed E-state index contributed by atoms with van der Waals surface area (Å²) < 4.78 is 33.1. The third-order valence-corrected chi connectivity index (χ3v) is 10.3. The zero-order valence-electron chi connectivity index (χ0n) is 23.2. The maximum atomic E-state index is 14.4. The standard InChI is InChI=1S/C33H41NO5P/c35-33(37-24-28-12-4-1-5-13-28)18-10-11-21-34(23-31-19-20-32(34)22-31)27-40(36,38-25-29-14-6-2-7-15-29)39-26-30-16-8-3-9-17-30/h1-9,12-17,31-32H,10-11,18-27H2/q+1. The number of unbranched alkanes of at least 4 members (excludes halogenated alkanes) is 1. The molecular weight excluding hydrogens is 521 g/mol. The van der Waals surface area contributed by atoms with Crippen molar-refractivity contribution in [2.45, 2.75) is 64.4 Å². The van der Waals surface area contributed by atoms with E-state index in [2.05, 4.69) is 0 Å². The van der Waals surface area contributed by atoms with Crippen LogP contribution in [0.1, 0.15) is 55.2 Å². The number of rotatable bonds is 15. The van der Waals surface area contributed by atoms with Gasteiger partial charge in [0, 0.05) is 18.8 Å². The molecular formula is C33H41NO5P+. The lowest BCUT2D eigenvalue weighted by Gasteiger charge is -2.43. The Labute approximate surface area is 238 Å². The minimum absolute atomic E-state index is 0.165. The fraction of sp³-hybridized carbons (Fsp3) is 0.424. The lowest BCUT2D eigenvalue weighted by atomic mass is 10.1. The number of piperidine rings is 1. The monoisotopic (exact) mass is 562 g/mol. The fourth-order valence-electron chi connectivity index (χ4n) is 6.36. The molecule has 3 unspecified atom stereocenters. The molecule has 6 nitrogen and oxygen atoms in total. The van der Waals surface area contributed by atoms with E-state index >= 15 is 0 Å². The van der Waals surface area contributed by atoms with Gasteiger partial charge in [-0.25, -0.2) is 0 Å². The van der Waals surface area contributed by atoms with E-state index in [0.717, 1.165) is 53.5 Å². The number of carbonyl (C=O) groups is 1. The Hall–Kier alpha value is -2.76. The average Bonchev–Trinajstić information content (AvgIpc) is 3.60. The molecule has 212 valence electrons. The van der Waals surface area contributed by atoms with Crippen LogP contribution in [0, 0.1) is 5.92 Å². The van der Waals surface area contributed by atoms with Gasteiger partial charge < -0.3 is 9.22 Å². The zero-order valence-corrected chi connectivity index (χ0v) is 24.1. The Morgan fingerprint density at radius 2 is 1.30 bits per heavy atom. The predicted molar refractivity (Wildman–Crippen MR) is 156 cm³/mol. The quantitative estimate of drug-likeness (QED) is 0.0832. The smallest absolute Gasteiger partial charge is 0.385 e. The number of benzene rings is 3. The topological polar surface area (TPSA) is 61.8 Å². The largest absolute Gasteiger partial charge is 0.461 e. The molecule has 1 aliphatic carbocycles. The molecule has 2 aliphatic rings. The van der Waals surface area contributed by atoms with Crippen LogP contribution in [-0.4, -0.2) is 35.9 Å². The van der Waals surface area contributed by atoms with Crippen LogP contribution in [0.5, 0.6) is 0 Å². The Kier molecular flexibility index (Phi) is 9.88. The number of ether oxygens (including phenoxy) is 1. The molecule has 0 radical (unpaired) electrons. The van der Waals surface area contributed by atoms with Crippen molar-refractivity contribution in [3.63, 3.8) is 0 Å². The van der Waals surface area contributed by atoms with Gasteiger partial charge in [0.25, 0.3) is 0 Å². The Balaban J connectivity index is 1.21. The number of esters is 1. The summed E-state index contributed by atoms with van der Waals surface area (Å²) in [5.41, 5.74) is 2.96. The average molecular weight is 563 g/mol. The van der Waals surface area contributed by atoms with Gasteiger partial charge >= 0.3 is 13.6 Å². The van der Waals surface area contributed by atoms with Gasteiger partial charge in [-0.3, -0.25) is 18.4 Å². The first-order valence-electron chi connectivity index (χ1n) is 14.5. The summed E-state index contributed by atoms with van der Waals surface area (Å²) in [4.78, 5) is 12.4. The molecule has 5 rings (SSSR count). The molecule has 1 saturated carbocycles. The first-order valence-corrected chi connectivity index (χ1v) is 16.3. The van der Waals surface area contributed by atoms with Crippen molar-refractivity contribution in [2.75, 3.05) is 19.4 Å². The van der Waals surface area contributed by atoms with Gasteiger partial charge in [0.15, 0.2) is 6.29 Å². The van der Waals surface area contributed by atoms with Gasteiger partial charge in [-0.2, -0.15) is 0 Å². The van der Waals surface area contributed by atoms with Gasteiger partial charge in [-0.05, 0) is 42.4 Å². The van der Waals surface area contributed by atoms with E-state index in [1.54, 1.807) is 0 Å². The Morgan fingerprint density at radius 3 is 1.80 bits per heavy atom. The summed E-state index contributed by atoms with van der Waals surface area (Å²) in [5, 5.41) is 0. The molecule has 3 aromatic carbocycles. The number of hydrogen-bond acceptors (Lipinski definition) is 5. The van der Waals surface area contributed by atoms with Gasteiger partial charge in [-0.1, -0.05) is 91.0 Å². The van der Waals surface area contributed by atoms with Crippen LogP contribution in [-0.2, 0) is 43.0 Å². The predicted octanol–water partition coefficient (Wildman–Crippen LogP) is 7.48. The van der Waals surface area contributed by atoms with Crippen molar-refractivity contribution < 1.29 is 27.6 Å². The number of quaternary nitrogens is 1. The maximum absolute atomic E-state index is 14.4. The second-order valence-corrected chi connectivity index (χ2v) is 13.4. The molecule has 1 aliphatic heterocycles. The number of carbonyl (C=O) groups excluding carboxylic acids is 1. The van der Waals surface area contributed by atoms with E-state index in [-0.39, 0.29) is 19.2 Å². The zero-order chi connectivity index (χ0) is 27.7. The van der Waals surface area contributed by atoms with E-state index in [9.17, 15) is 9.36 Å². The van der Waals surface area contributed by atoms with Crippen molar-refractivity contribution in [1.82, 2.24) is 0 Å². The number of hydrogen-bond donors (Lipinski definition) is 0. The summed E-state index contributed by atoms with van der Waals surface area (Å²) in [7, 11) is -3.43. The molecule has 0 spiro atoms.